The number of carbonyl (C=O) groups excluding carboxylic acids is 2. The molecule has 0 aliphatic rings. The Labute approximate surface area is 594 Å². The number of ether oxygens (including phenoxy) is 2. The lowest BCUT2D eigenvalue weighted by molar-refractivity contribution is -0.870. The van der Waals surface area contributed by atoms with Gasteiger partial charge in [0.2, 0.25) is 0 Å². The molecule has 0 rings (SSSR count). The molecule has 0 aromatic carbocycles. The van der Waals surface area contributed by atoms with Gasteiger partial charge in [-0.05, 0) is 103 Å². The van der Waals surface area contributed by atoms with E-state index in [4.69, 9.17) is 18.5 Å². The summed E-state index contributed by atoms with van der Waals surface area (Å²) in [5, 5.41) is 0. The molecule has 0 N–H and O–H groups in total. The molecule has 0 saturated heterocycles. The summed E-state index contributed by atoms with van der Waals surface area (Å²) in [6, 6.07) is 0. The van der Waals surface area contributed by atoms with E-state index in [1.807, 2.05) is 21.1 Å². The Hall–Kier alpha value is -3.59. The lowest BCUT2D eigenvalue weighted by Crippen LogP contribution is -2.37. The average Bonchev–Trinajstić information content (AvgIpc) is 1.98. The molecule has 0 fully saturated rings. The molecule has 2 atom stereocenters. The van der Waals surface area contributed by atoms with Gasteiger partial charge in [0.1, 0.15) is 19.8 Å². The first-order valence-corrected chi connectivity index (χ1v) is 41.7. The van der Waals surface area contributed by atoms with Crippen LogP contribution in [0, 0.1) is 0 Å². The zero-order valence-electron chi connectivity index (χ0n) is 63.3. The molecule has 2 unspecified atom stereocenters. The summed E-state index contributed by atoms with van der Waals surface area (Å²) in [5.74, 6) is -0.818. The minimum absolute atomic E-state index is 0.0317. The van der Waals surface area contributed by atoms with E-state index in [1.54, 1.807) is 0 Å². The Bertz CT molecular complexity index is 2040. The van der Waals surface area contributed by atoms with Crippen LogP contribution in [-0.4, -0.2) is 70.0 Å². The molecule has 0 aromatic rings. The van der Waals surface area contributed by atoms with Gasteiger partial charge in [-0.15, -0.1) is 0 Å². The van der Waals surface area contributed by atoms with Crippen molar-refractivity contribution in [1.29, 1.82) is 0 Å². The van der Waals surface area contributed by atoms with Gasteiger partial charge >= 0.3 is 11.9 Å². The van der Waals surface area contributed by atoms with Crippen molar-refractivity contribution in [3.8, 4) is 0 Å². The van der Waals surface area contributed by atoms with Crippen LogP contribution in [0.2, 0.25) is 0 Å². The van der Waals surface area contributed by atoms with Gasteiger partial charge in [0, 0.05) is 12.8 Å². The fourth-order valence-corrected chi connectivity index (χ4v) is 12.2. The molecule has 0 saturated carbocycles. The standard InChI is InChI=1S/C86H152NO8P/c1-6-8-10-12-14-16-18-20-22-24-26-28-30-32-34-36-38-40-41-42-43-44-45-47-49-51-53-55-57-59-61-63-65-67-69-71-73-75-77-79-86(89)95-84(83-94-96(90,91)93-81-80-87(3,4)5)82-92-85(88)78-76-74-72-70-68-66-64-62-60-58-56-54-52-50-48-46-39-37-35-33-31-29-27-25-23-21-19-17-15-13-11-9-7-2/h8-11,14-17,20-23,26-29,32,34,38,40,84H,6-7,12-13,18-19,24-25,30-31,33,35-37,39,41-83H2,1-5H3/b10-8-,11-9-,16-14-,17-15-,22-20-,23-21-,28-26-,29-27-,34-32-,40-38-. The third kappa shape index (κ3) is 79.4. The number of likely N-dealkylation sites (N-methyl/N-ethyl adjacent to an activating group) is 1. The van der Waals surface area contributed by atoms with Crippen LogP contribution in [0.5, 0.6) is 0 Å². The topological polar surface area (TPSA) is 111 Å². The number of unbranched alkanes of at least 4 members (excludes halogenated alkanes) is 40. The number of nitrogens with zero attached hydrogens (tertiary/aromatic N) is 1. The molecule has 0 spiro atoms. The fraction of sp³-hybridized carbons (Fsp3) is 0.744. The van der Waals surface area contributed by atoms with Crippen molar-refractivity contribution in [2.75, 3.05) is 47.5 Å². The third-order valence-electron chi connectivity index (χ3n) is 17.5. The molecule has 0 amide bonds. The van der Waals surface area contributed by atoms with E-state index >= 15 is 0 Å². The second-order valence-corrected chi connectivity index (χ2v) is 29.4. The van der Waals surface area contributed by atoms with E-state index in [-0.39, 0.29) is 32.0 Å². The monoisotopic (exact) mass is 1360 g/mol. The van der Waals surface area contributed by atoms with E-state index in [0.29, 0.717) is 17.4 Å². The molecule has 96 heavy (non-hydrogen) atoms. The smallest absolute Gasteiger partial charge is 0.306 e. The number of carbonyl (C=O) groups is 2. The molecule has 0 aliphatic carbocycles. The van der Waals surface area contributed by atoms with Gasteiger partial charge in [0.05, 0.1) is 27.7 Å². The second kappa shape index (κ2) is 75.6. The van der Waals surface area contributed by atoms with E-state index in [1.165, 1.54) is 225 Å². The Morgan fingerprint density at radius 3 is 0.833 bits per heavy atom. The van der Waals surface area contributed by atoms with Crippen LogP contribution in [0.3, 0.4) is 0 Å². The number of rotatable bonds is 74. The van der Waals surface area contributed by atoms with Crippen molar-refractivity contribution in [3.63, 3.8) is 0 Å². The van der Waals surface area contributed by atoms with Crippen LogP contribution in [0.15, 0.2) is 122 Å². The van der Waals surface area contributed by atoms with Gasteiger partial charge in [-0.2, -0.15) is 0 Å². The molecule has 0 aliphatic heterocycles. The largest absolute Gasteiger partial charge is 0.756 e. The average molecular weight is 1360 g/mol. The summed E-state index contributed by atoms with van der Waals surface area (Å²) < 4.78 is 34.4. The predicted molar refractivity (Wildman–Crippen MR) is 415 cm³/mol. The summed E-state index contributed by atoms with van der Waals surface area (Å²) >= 11 is 0. The Morgan fingerprint density at radius 1 is 0.323 bits per heavy atom. The fourth-order valence-electron chi connectivity index (χ4n) is 11.4. The highest BCUT2D eigenvalue weighted by Gasteiger charge is 2.22. The van der Waals surface area contributed by atoms with E-state index < -0.39 is 26.5 Å². The molecule has 9 nitrogen and oxygen atoms in total. The highest BCUT2D eigenvalue weighted by Crippen LogP contribution is 2.38. The van der Waals surface area contributed by atoms with Crippen LogP contribution in [0.1, 0.15) is 361 Å². The number of phosphoric ester groups is 1. The molecule has 554 valence electrons. The molecular weight excluding hydrogens is 1210 g/mol. The van der Waals surface area contributed by atoms with Crippen LogP contribution < -0.4 is 4.89 Å². The van der Waals surface area contributed by atoms with Gasteiger partial charge in [-0.3, -0.25) is 14.2 Å². The lowest BCUT2D eigenvalue weighted by atomic mass is 10.0. The van der Waals surface area contributed by atoms with Crippen LogP contribution in [0.25, 0.3) is 0 Å². The number of allylic oxidation sites excluding steroid dienone is 20. The molecule has 10 heteroatoms. The molecular formula is C86H152NO8P. The first-order valence-electron chi connectivity index (χ1n) is 40.2. The maximum Gasteiger partial charge on any atom is 0.306 e. The van der Waals surface area contributed by atoms with Crippen molar-refractivity contribution < 1.29 is 42.1 Å². The van der Waals surface area contributed by atoms with Crippen molar-refractivity contribution in [1.82, 2.24) is 0 Å². The first kappa shape index (κ1) is 92.4. The number of phosphoric acid groups is 1. The van der Waals surface area contributed by atoms with Gasteiger partial charge < -0.3 is 27.9 Å². The number of hydrogen-bond donors (Lipinski definition) is 0. The van der Waals surface area contributed by atoms with Gasteiger partial charge in [-0.25, -0.2) is 0 Å². The highest BCUT2D eigenvalue weighted by molar-refractivity contribution is 7.45. The van der Waals surface area contributed by atoms with Gasteiger partial charge in [-0.1, -0.05) is 367 Å². The van der Waals surface area contributed by atoms with E-state index in [2.05, 4.69) is 135 Å². The van der Waals surface area contributed by atoms with Crippen molar-refractivity contribution >= 4 is 19.8 Å². The minimum Gasteiger partial charge on any atom is -0.756 e. The maximum atomic E-state index is 12.9. The zero-order chi connectivity index (χ0) is 69.7. The third-order valence-corrected chi connectivity index (χ3v) is 18.4. The molecule has 0 aromatic heterocycles. The summed E-state index contributed by atoms with van der Waals surface area (Å²) in [6.07, 6.45) is 109. The predicted octanol–water partition coefficient (Wildman–Crippen LogP) is 26.3. The van der Waals surface area contributed by atoms with Crippen molar-refractivity contribution in [3.05, 3.63) is 122 Å². The quantitative estimate of drug-likeness (QED) is 0.0195. The Kier molecular flexibility index (Phi) is 72.8. The number of esters is 2. The van der Waals surface area contributed by atoms with E-state index in [0.717, 1.165) is 103 Å². The molecule has 0 heterocycles. The number of quaternary nitrogens is 1. The maximum absolute atomic E-state index is 12.9. The minimum atomic E-state index is -4.65. The zero-order valence-corrected chi connectivity index (χ0v) is 64.2. The Balaban J connectivity index is 3.94. The second-order valence-electron chi connectivity index (χ2n) is 28.0. The summed E-state index contributed by atoms with van der Waals surface area (Å²) in [4.78, 5) is 38.2. The summed E-state index contributed by atoms with van der Waals surface area (Å²) in [7, 11) is 1.18. The first-order chi connectivity index (χ1) is 47.0. The highest BCUT2D eigenvalue weighted by atomic mass is 31.2. The SMILES string of the molecule is CC/C=C\C/C=C\C/C=C\C/C=C\C/C=C\C/C=C\CCCCCCCCCCCCCCCCCCCCCCC(=O)OC(COC(=O)CCCCCCCCCCCCCCCCCCCCCC/C=C\C/C=C\C/C=C\C/C=C\CC)COP(=O)([O-])OCC[N+](C)(C)C. The Morgan fingerprint density at radius 2 is 0.562 bits per heavy atom. The summed E-state index contributed by atoms with van der Waals surface area (Å²) in [6.45, 7) is 4.06. The molecule has 0 bridgehead atoms. The number of hydrogen-bond acceptors (Lipinski definition) is 8. The summed E-state index contributed by atoms with van der Waals surface area (Å²) in [5.41, 5.74) is 0. The lowest BCUT2D eigenvalue weighted by Gasteiger charge is -2.28. The van der Waals surface area contributed by atoms with Crippen molar-refractivity contribution in [2.24, 2.45) is 0 Å². The normalized spacial score (nSPS) is 13.7. The van der Waals surface area contributed by atoms with Gasteiger partial charge in [0.15, 0.2) is 6.10 Å². The van der Waals surface area contributed by atoms with E-state index in [9.17, 15) is 19.0 Å². The van der Waals surface area contributed by atoms with Crippen molar-refractivity contribution in [2.45, 2.75) is 367 Å². The van der Waals surface area contributed by atoms with Crippen LogP contribution >= 0.6 is 7.82 Å². The van der Waals surface area contributed by atoms with Crippen LogP contribution in [0.4, 0.5) is 0 Å². The van der Waals surface area contributed by atoms with Crippen LogP contribution in [-0.2, 0) is 32.7 Å². The molecule has 0 radical (unpaired) electrons. The van der Waals surface area contributed by atoms with Gasteiger partial charge in [0.25, 0.3) is 7.82 Å².